The van der Waals surface area contributed by atoms with E-state index in [1.165, 1.54) is 17.1 Å². The van der Waals surface area contributed by atoms with Crippen LogP contribution in [0.15, 0.2) is 16.5 Å². The Morgan fingerprint density at radius 1 is 1.35 bits per heavy atom. The van der Waals surface area contributed by atoms with Gasteiger partial charge < -0.3 is 9.73 Å². The molecule has 1 aliphatic rings. The second-order valence-corrected chi connectivity index (χ2v) is 7.72. The molecule has 0 atom stereocenters. The maximum atomic E-state index is 12.1. The molecule has 0 saturated heterocycles. The molecule has 1 saturated carbocycles. The zero-order chi connectivity index (χ0) is 14.6. The van der Waals surface area contributed by atoms with Crippen molar-refractivity contribution in [2.75, 3.05) is 19.3 Å². The molecule has 0 amide bonds. The number of hydrogen-bond donors (Lipinski definition) is 1. The number of hydrogen-bond acceptors (Lipinski definition) is 4. The van der Waals surface area contributed by atoms with Gasteiger partial charge in [-0.2, -0.15) is 4.31 Å². The lowest BCUT2D eigenvalue weighted by atomic mass is 10.3. The summed E-state index contributed by atoms with van der Waals surface area (Å²) in [5.74, 6) is 1.69. The van der Waals surface area contributed by atoms with Crippen molar-refractivity contribution in [1.82, 2.24) is 9.62 Å². The van der Waals surface area contributed by atoms with Crippen molar-refractivity contribution in [3.63, 3.8) is 0 Å². The zero-order valence-electron chi connectivity index (χ0n) is 12.3. The van der Waals surface area contributed by atoms with Gasteiger partial charge in [0, 0.05) is 13.1 Å². The fourth-order valence-electron chi connectivity index (χ4n) is 2.05. The molecule has 1 N–H and O–H groups in total. The van der Waals surface area contributed by atoms with Crippen LogP contribution in [0, 0.1) is 6.92 Å². The van der Waals surface area contributed by atoms with Gasteiger partial charge in [-0.15, -0.1) is 0 Å². The summed E-state index contributed by atoms with van der Waals surface area (Å²) in [5.41, 5.74) is 0. The number of rotatable bonds is 9. The van der Waals surface area contributed by atoms with E-state index >= 15 is 0 Å². The molecule has 1 fully saturated rings. The van der Waals surface area contributed by atoms with E-state index in [9.17, 15) is 8.42 Å². The SMILES string of the molecule is Cc1ccc(CN(C)S(=O)(=O)CCCCNC2CC2)o1. The fourth-order valence-corrected chi connectivity index (χ4v) is 3.25. The number of aryl methyl sites for hydroxylation is 1. The largest absolute Gasteiger partial charge is 0.465 e. The first-order valence-corrected chi connectivity index (χ1v) is 8.81. The van der Waals surface area contributed by atoms with E-state index < -0.39 is 10.0 Å². The van der Waals surface area contributed by atoms with E-state index in [4.69, 9.17) is 4.42 Å². The summed E-state index contributed by atoms with van der Waals surface area (Å²) in [4.78, 5) is 0. The molecule has 0 unspecified atom stereocenters. The van der Waals surface area contributed by atoms with E-state index in [0.29, 0.717) is 24.8 Å². The van der Waals surface area contributed by atoms with Crippen LogP contribution in [0.2, 0.25) is 0 Å². The van der Waals surface area contributed by atoms with Crippen molar-refractivity contribution >= 4 is 10.0 Å². The summed E-state index contributed by atoms with van der Waals surface area (Å²) in [7, 11) is -1.58. The third-order valence-corrected chi connectivity index (χ3v) is 5.37. The lowest BCUT2D eigenvalue weighted by molar-refractivity contribution is 0.396. The van der Waals surface area contributed by atoms with Crippen molar-refractivity contribution in [3.05, 3.63) is 23.7 Å². The number of unbranched alkanes of at least 4 members (excludes halogenated alkanes) is 1. The topological polar surface area (TPSA) is 62.6 Å². The maximum absolute atomic E-state index is 12.1. The monoisotopic (exact) mass is 300 g/mol. The van der Waals surface area contributed by atoms with Crippen molar-refractivity contribution in [3.8, 4) is 0 Å². The molecular formula is C14H24N2O3S. The summed E-state index contributed by atoms with van der Waals surface area (Å²) in [6, 6.07) is 4.36. The van der Waals surface area contributed by atoms with Gasteiger partial charge in [-0.3, -0.25) is 0 Å². The van der Waals surface area contributed by atoms with Crippen LogP contribution in [-0.4, -0.2) is 38.1 Å². The quantitative estimate of drug-likeness (QED) is 0.707. The molecule has 0 radical (unpaired) electrons. The van der Waals surface area contributed by atoms with Gasteiger partial charge in [0.1, 0.15) is 11.5 Å². The second-order valence-electron chi connectivity index (χ2n) is 5.52. The van der Waals surface area contributed by atoms with Gasteiger partial charge in [-0.1, -0.05) is 0 Å². The highest BCUT2D eigenvalue weighted by molar-refractivity contribution is 7.89. The molecular weight excluding hydrogens is 276 g/mol. The third kappa shape index (κ3) is 4.92. The molecule has 1 aliphatic carbocycles. The molecule has 114 valence electrons. The molecule has 5 nitrogen and oxygen atoms in total. The Morgan fingerprint density at radius 2 is 2.10 bits per heavy atom. The first-order valence-electron chi connectivity index (χ1n) is 7.20. The molecule has 0 bridgehead atoms. The van der Waals surface area contributed by atoms with Crippen LogP contribution >= 0.6 is 0 Å². The Labute approximate surface area is 121 Å². The van der Waals surface area contributed by atoms with Gasteiger partial charge in [0.25, 0.3) is 0 Å². The van der Waals surface area contributed by atoms with E-state index in [0.717, 1.165) is 18.7 Å². The van der Waals surface area contributed by atoms with E-state index in [1.54, 1.807) is 7.05 Å². The Hall–Kier alpha value is -0.850. The second kappa shape index (κ2) is 6.74. The van der Waals surface area contributed by atoms with Gasteiger partial charge in [0.15, 0.2) is 0 Å². The van der Waals surface area contributed by atoms with E-state index in [1.807, 2.05) is 19.1 Å². The molecule has 1 heterocycles. The average Bonchev–Trinajstić information content (AvgIpc) is 3.11. The maximum Gasteiger partial charge on any atom is 0.214 e. The van der Waals surface area contributed by atoms with Gasteiger partial charge >= 0.3 is 0 Å². The summed E-state index contributed by atoms with van der Waals surface area (Å²) in [6.07, 6.45) is 4.14. The lowest BCUT2D eigenvalue weighted by Gasteiger charge is -2.15. The third-order valence-electron chi connectivity index (χ3n) is 3.49. The van der Waals surface area contributed by atoms with Gasteiger partial charge in [0.2, 0.25) is 10.0 Å². The number of nitrogens with one attached hydrogen (secondary N) is 1. The molecule has 0 aromatic carbocycles. The minimum atomic E-state index is -3.19. The Balaban J connectivity index is 1.70. The molecule has 1 aromatic heterocycles. The molecule has 2 rings (SSSR count). The molecule has 1 aromatic rings. The minimum absolute atomic E-state index is 0.204. The first-order chi connectivity index (χ1) is 9.47. The van der Waals surface area contributed by atoms with Crippen LogP contribution in [0.1, 0.15) is 37.2 Å². The van der Waals surface area contributed by atoms with Crippen molar-refractivity contribution in [2.24, 2.45) is 0 Å². The van der Waals surface area contributed by atoms with Gasteiger partial charge in [0.05, 0.1) is 12.3 Å². The van der Waals surface area contributed by atoms with E-state index in [2.05, 4.69) is 5.32 Å². The minimum Gasteiger partial charge on any atom is -0.465 e. The van der Waals surface area contributed by atoms with Crippen molar-refractivity contribution in [1.29, 1.82) is 0 Å². The predicted molar refractivity (Wildman–Crippen MR) is 79.0 cm³/mol. The van der Waals surface area contributed by atoms with E-state index in [-0.39, 0.29) is 5.75 Å². The molecule has 6 heteroatoms. The molecule has 20 heavy (non-hydrogen) atoms. The average molecular weight is 300 g/mol. The smallest absolute Gasteiger partial charge is 0.214 e. The van der Waals surface area contributed by atoms with Crippen LogP contribution in [0.25, 0.3) is 0 Å². The number of sulfonamides is 1. The Morgan fingerprint density at radius 3 is 2.70 bits per heavy atom. The summed E-state index contributed by atoms with van der Waals surface area (Å²) < 4.78 is 31.0. The van der Waals surface area contributed by atoms with Gasteiger partial charge in [-0.25, -0.2) is 8.42 Å². The molecule has 0 spiro atoms. The summed E-state index contributed by atoms with van der Waals surface area (Å²) in [6.45, 7) is 3.07. The predicted octanol–water partition coefficient (Wildman–Crippen LogP) is 1.88. The van der Waals surface area contributed by atoms with Crippen LogP contribution in [0.5, 0.6) is 0 Å². The summed E-state index contributed by atoms with van der Waals surface area (Å²) >= 11 is 0. The zero-order valence-corrected chi connectivity index (χ0v) is 13.1. The lowest BCUT2D eigenvalue weighted by Crippen LogP contribution is -2.29. The number of furan rings is 1. The normalized spacial score (nSPS) is 15.9. The van der Waals surface area contributed by atoms with Crippen LogP contribution < -0.4 is 5.32 Å². The van der Waals surface area contributed by atoms with Crippen LogP contribution in [0.4, 0.5) is 0 Å². The molecule has 0 aliphatic heterocycles. The highest BCUT2D eigenvalue weighted by Gasteiger charge is 2.21. The first kappa shape index (κ1) is 15.5. The van der Waals surface area contributed by atoms with Gasteiger partial charge in [-0.05, 0) is 51.3 Å². The standard InChI is InChI=1S/C14H24N2O3S/c1-12-5-8-14(19-12)11-16(2)20(17,18)10-4-3-9-15-13-6-7-13/h5,8,13,15H,3-4,6-7,9-11H2,1-2H3. The number of nitrogens with zero attached hydrogens (tertiary/aromatic N) is 1. The highest BCUT2D eigenvalue weighted by atomic mass is 32.2. The highest BCUT2D eigenvalue weighted by Crippen LogP contribution is 2.18. The fraction of sp³-hybridized carbons (Fsp3) is 0.714. The Bertz CT molecular complexity index is 520. The van der Waals surface area contributed by atoms with Crippen LogP contribution in [-0.2, 0) is 16.6 Å². The van der Waals surface area contributed by atoms with Crippen molar-refractivity contribution in [2.45, 2.75) is 45.2 Å². The Kier molecular flexibility index (Phi) is 5.23. The van der Waals surface area contributed by atoms with Crippen molar-refractivity contribution < 1.29 is 12.8 Å². The summed E-state index contributed by atoms with van der Waals surface area (Å²) in [5, 5.41) is 3.39. The van der Waals surface area contributed by atoms with Crippen LogP contribution in [0.3, 0.4) is 0 Å².